The number of hydrogen-bond donors (Lipinski definition) is 2. The van der Waals surface area contributed by atoms with Gasteiger partial charge in [0, 0.05) is 6.20 Å². The van der Waals surface area contributed by atoms with Crippen molar-refractivity contribution in [2.45, 2.75) is 0 Å². The molecule has 0 saturated heterocycles. The van der Waals surface area contributed by atoms with Crippen LogP contribution in [0.25, 0.3) is 0 Å². The summed E-state index contributed by atoms with van der Waals surface area (Å²) in [7, 11) is 0. The average Bonchev–Trinajstić information content (AvgIpc) is 2.25. The molecule has 0 saturated carbocycles. The molecule has 8 heteroatoms. The van der Waals surface area contributed by atoms with E-state index in [9.17, 15) is 14.4 Å². The minimum atomic E-state index is -1.02. The van der Waals surface area contributed by atoms with E-state index in [-0.39, 0.29) is 10.7 Å². The lowest BCUT2D eigenvalue weighted by Crippen LogP contribution is -2.37. The number of urea groups is 1. The zero-order chi connectivity index (χ0) is 12.8. The largest absolute Gasteiger partial charge is 0.452 e. The number of rotatable bonds is 3. The van der Waals surface area contributed by atoms with Crippen molar-refractivity contribution in [3.8, 4) is 0 Å². The Morgan fingerprint density at radius 2 is 2.18 bits per heavy atom. The van der Waals surface area contributed by atoms with Gasteiger partial charge < -0.3 is 10.5 Å². The molecule has 1 rings (SSSR count). The number of amides is 3. The lowest BCUT2D eigenvalue weighted by atomic mass is 10.3. The maximum atomic E-state index is 11.4. The number of ether oxygens (including phenoxy) is 1. The third kappa shape index (κ3) is 4.47. The maximum Gasteiger partial charge on any atom is 0.338 e. The molecule has 3 amide bonds. The van der Waals surface area contributed by atoms with Gasteiger partial charge in [-0.1, -0.05) is 11.6 Å². The number of pyridine rings is 1. The van der Waals surface area contributed by atoms with Crippen LogP contribution in [0.1, 0.15) is 10.4 Å². The topological polar surface area (TPSA) is 111 Å². The van der Waals surface area contributed by atoms with E-state index in [1.165, 1.54) is 18.3 Å². The number of esters is 1. The summed E-state index contributed by atoms with van der Waals surface area (Å²) in [5.41, 5.74) is 4.84. The lowest BCUT2D eigenvalue weighted by molar-refractivity contribution is -0.123. The van der Waals surface area contributed by atoms with Crippen LogP contribution < -0.4 is 11.1 Å². The van der Waals surface area contributed by atoms with Crippen LogP contribution in [-0.4, -0.2) is 29.5 Å². The van der Waals surface area contributed by atoms with Gasteiger partial charge in [-0.3, -0.25) is 10.1 Å². The number of nitrogens with one attached hydrogen (secondary N) is 1. The van der Waals surface area contributed by atoms with Gasteiger partial charge in [0.1, 0.15) is 5.15 Å². The number of nitrogens with zero attached hydrogens (tertiary/aromatic N) is 1. The third-order valence-corrected chi connectivity index (χ3v) is 1.77. The summed E-state index contributed by atoms with van der Waals surface area (Å²) in [6.45, 7) is -0.609. The van der Waals surface area contributed by atoms with E-state index >= 15 is 0 Å². The van der Waals surface area contributed by atoms with E-state index < -0.39 is 24.5 Å². The summed E-state index contributed by atoms with van der Waals surface area (Å²) in [6, 6.07) is 1.65. The predicted octanol–water partition coefficient (Wildman–Crippen LogP) is 0.0867. The minimum absolute atomic E-state index is 0.126. The number of primary amides is 1. The Kier molecular flexibility index (Phi) is 4.41. The average molecular weight is 258 g/mol. The van der Waals surface area contributed by atoms with Gasteiger partial charge in [-0.15, -0.1) is 0 Å². The summed E-state index contributed by atoms with van der Waals surface area (Å²) < 4.78 is 4.60. The number of aromatic nitrogens is 1. The maximum absolute atomic E-state index is 11.4. The van der Waals surface area contributed by atoms with Crippen LogP contribution >= 0.6 is 11.6 Å². The van der Waals surface area contributed by atoms with Crippen LogP contribution in [0.3, 0.4) is 0 Å². The molecule has 0 unspecified atom stereocenters. The molecule has 3 N–H and O–H groups in total. The van der Waals surface area contributed by atoms with Crippen molar-refractivity contribution >= 4 is 29.5 Å². The fourth-order valence-electron chi connectivity index (χ4n) is 0.917. The van der Waals surface area contributed by atoms with Crippen molar-refractivity contribution in [2.24, 2.45) is 5.73 Å². The second-order valence-corrected chi connectivity index (χ2v) is 3.24. The molecular formula is C9H8ClN3O4. The Morgan fingerprint density at radius 1 is 1.47 bits per heavy atom. The smallest absolute Gasteiger partial charge is 0.338 e. The number of nitrogens with two attached hydrogens (primary N) is 1. The van der Waals surface area contributed by atoms with Gasteiger partial charge in [0.05, 0.1) is 5.56 Å². The zero-order valence-electron chi connectivity index (χ0n) is 8.47. The van der Waals surface area contributed by atoms with Crippen molar-refractivity contribution in [1.29, 1.82) is 0 Å². The zero-order valence-corrected chi connectivity index (χ0v) is 9.23. The van der Waals surface area contributed by atoms with E-state index in [1.807, 2.05) is 0 Å². The van der Waals surface area contributed by atoms with Gasteiger partial charge in [-0.2, -0.15) is 0 Å². The Labute approximate surface area is 101 Å². The molecule has 0 aliphatic heterocycles. The predicted molar refractivity (Wildman–Crippen MR) is 57.3 cm³/mol. The highest BCUT2D eigenvalue weighted by Gasteiger charge is 2.11. The van der Waals surface area contributed by atoms with Gasteiger partial charge in [0.15, 0.2) is 6.61 Å². The first-order valence-corrected chi connectivity index (χ1v) is 4.75. The number of hydrogen-bond acceptors (Lipinski definition) is 5. The van der Waals surface area contributed by atoms with E-state index in [1.54, 1.807) is 5.32 Å². The fraction of sp³-hybridized carbons (Fsp3) is 0.111. The Balaban J connectivity index is 2.50. The van der Waals surface area contributed by atoms with Crippen molar-refractivity contribution in [2.75, 3.05) is 6.61 Å². The molecule has 0 bridgehead atoms. The van der Waals surface area contributed by atoms with Crippen molar-refractivity contribution in [3.63, 3.8) is 0 Å². The Bertz CT molecular complexity index is 463. The highest BCUT2D eigenvalue weighted by Crippen LogP contribution is 2.07. The number of carbonyl (C=O) groups excluding carboxylic acids is 3. The van der Waals surface area contributed by atoms with Crippen LogP contribution in [0.2, 0.25) is 5.15 Å². The van der Waals surface area contributed by atoms with Gasteiger partial charge >= 0.3 is 12.0 Å². The van der Waals surface area contributed by atoms with Crippen molar-refractivity contribution < 1.29 is 19.1 Å². The van der Waals surface area contributed by atoms with Gasteiger partial charge in [-0.05, 0) is 12.1 Å². The fourth-order valence-corrected chi connectivity index (χ4v) is 1.09. The Morgan fingerprint density at radius 3 is 2.76 bits per heavy atom. The third-order valence-electron chi connectivity index (χ3n) is 1.56. The van der Waals surface area contributed by atoms with E-state index in [2.05, 4.69) is 9.72 Å². The molecule has 0 atom stereocenters. The highest BCUT2D eigenvalue weighted by atomic mass is 35.5. The Hall–Kier alpha value is -2.15. The van der Waals surface area contributed by atoms with Crippen LogP contribution in [0.4, 0.5) is 4.79 Å². The van der Waals surface area contributed by atoms with Gasteiger partial charge in [0.2, 0.25) is 0 Å². The van der Waals surface area contributed by atoms with Crippen LogP contribution in [0.15, 0.2) is 18.3 Å². The molecular weight excluding hydrogens is 250 g/mol. The molecule has 1 aromatic rings. The highest BCUT2D eigenvalue weighted by molar-refractivity contribution is 6.29. The lowest BCUT2D eigenvalue weighted by Gasteiger charge is -2.04. The van der Waals surface area contributed by atoms with E-state index in [0.717, 1.165) is 0 Å². The molecule has 0 aliphatic carbocycles. The summed E-state index contributed by atoms with van der Waals surface area (Å²) >= 11 is 5.56. The summed E-state index contributed by atoms with van der Waals surface area (Å²) in [6.07, 6.45) is 1.32. The number of carbonyl (C=O) groups is 3. The molecule has 90 valence electrons. The number of halogens is 1. The van der Waals surface area contributed by atoms with E-state index in [0.29, 0.717) is 0 Å². The molecule has 0 radical (unpaired) electrons. The summed E-state index contributed by atoms with van der Waals surface area (Å²) in [5, 5.41) is 1.87. The second-order valence-electron chi connectivity index (χ2n) is 2.86. The molecule has 1 aromatic heterocycles. The van der Waals surface area contributed by atoms with Crippen LogP contribution in [0.5, 0.6) is 0 Å². The monoisotopic (exact) mass is 257 g/mol. The summed E-state index contributed by atoms with van der Waals surface area (Å²) in [5.74, 6) is -1.57. The quantitative estimate of drug-likeness (QED) is 0.589. The molecule has 0 spiro atoms. The first-order chi connectivity index (χ1) is 7.99. The molecule has 1 heterocycles. The van der Waals surface area contributed by atoms with E-state index in [4.69, 9.17) is 17.3 Å². The molecule has 17 heavy (non-hydrogen) atoms. The summed E-state index contributed by atoms with van der Waals surface area (Å²) in [4.78, 5) is 36.3. The standard InChI is InChI=1S/C9H8ClN3O4/c10-6-3-5(1-2-12-6)8(15)17-4-7(14)13-9(11)16/h1-3H,4H2,(H3,11,13,14,16). The molecule has 7 nitrogen and oxygen atoms in total. The first-order valence-electron chi connectivity index (χ1n) is 4.37. The molecule has 0 aromatic carbocycles. The van der Waals surface area contributed by atoms with Crippen LogP contribution in [-0.2, 0) is 9.53 Å². The minimum Gasteiger partial charge on any atom is -0.452 e. The normalized spacial score (nSPS) is 9.47. The van der Waals surface area contributed by atoms with Crippen molar-refractivity contribution in [3.05, 3.63) is 29.0 Å². The molecule has 0 fully saturated rings. The SMILES string of the molecule is NC(=O)NC(=O)COC(=O)c1ccnc(Cl)c1. The van der Waals surface area contributed by atoms with Crippen LogP contribution in [0, 0.1) is 0 Å². The molecule has 0 aliphatic rings. The first kappa shape index (κ1) is 12.9. The van der Waals surface area contributed by atoms with Gasteiger partial charge in [0.25, 0.3) is 5.91 Å². The van der Waals surface area contributed by atoms with Crippen molar-refractivity contribution in [1.82, 2.24) is 10.3 Å². The second kappa shape index (κ2) is 5.80. The van der Waals surface area contributed by atoms with Gasteiger partial charge in [-0.25, -0.2) is 14.6 Å². The number of imide groups is 1.